The molecule has 0 bridgehead atoms. The second kappa shape index (κ2) is 4.74. The van der Waals surface area contributed by atoms with E-state index in [1.165, 1.54) is 6.07 Å². The molecule has 0 aliphatic heterocycles. The van der Waals surface area contributed by atoms with Gasteiger partial charge in [0.05, 0.1) is 5.56 Å². The summed E-state index contributed by atoms with van der Waals surface area (Å²) in [6.07, 6.45) is 3.32. The summed E-state index contributed by atoms with van der Waals surface area (Å²) in [5.41, 5.74) is 0.612. The fourth-order valence-corrected chi connectivity index (χ4v) is 2.26. The normalized spacial score (nSPS) is 10.7. The molecule has 0 radical (unpaired) electrons. The van der Waals surface area contributed by atoms with Crippen molar-refractivity contribution in [3.05, 3.63) is 66.2 Å². The van der Waals surface area contributed by atoms with Crippen LogP contribution in [0, 0.1) is 5.82 Å². The number of nitrogens with zero attached hydrogens (tertiary/aromatic N) is 1. The van der Waals surface area contributed by atoms with Crippen molar-refractivity contribution in [2.45, 2.75) is 0 Å². The molecule has 0 spiro atoms. The number of benzene rings is 2. The van der Waals surface area contributed by atoms with E-state index in [1.54, 1.807) is 42.7 Å². The number of aromatic nitrogens is 1. The van der Waals surface area contributed by atoms with Gasteiger partial charge in [-0.1, -0.05) is 30.3 Å². The lowest BCUT2D eigenvalue weighted by Crippen LogP contribution is -2.01. The Kier molecular flexibility index (Phi) is 2.91. The van der Waals surface area contributed by atoms with Gasteiger partial charge in [0, 0.05) is 23.3 Å². The quantitative estimate of drug-likeness (QED) is 0.769. The summed E-state index contributed by atoms with van der Waals surface area (Å²) in [4.78, 5) is 15.0. The minimum Gasteiger partial charge on any atom is -0.478 e. The van der Waals surface area contributed by atoms with Crippen LogP contribution in [0.25, 0.3) is 21.9 Å². The molecule has 0 amide bonds. The van der Waals surface area contributed by atoms with Crippen molar-refractivity contribution in [2.24, 2.45) is 0 Å². The fourth-order valence-electron chi connectivity index (χ4n) is 2.26. The van der Waals surface area contributed by atoms with E-state index in [4.69, 9.17) is 5.11 Å². The molecule has 0 aliphatic rings. The topological polar surface area (TPSA) is 50.2 Å². The molecule has 3 aromatic rings. The summed E-state index contributed by atoms with van der Waals surface area (Å²) in [5.74, 6) is -1.99. The van der Waals surface area contributed by atoms with Gasteiger partial charge in [-0.25, -0.2) is 9.18 Å². The minimum atomic E-state index is -1.27. The molecule has 1 aromatic heterocycles. The van der Waals surface area contributed by atoms with Gasteiger partial charge < -0.3 is 5.11 Å². The Hall–Kier alpha value is -2.75. The van der Waals surface area contributed by atoms with Crippen LogP contribution in [0.5, 0.6) is 0 Å². The minimum absolute atomic E-state index is 0.279. The zero-order valence-electron chi connectivity index (χ0n) is 10.4. The molecule has 3 nitrogen and oxygen atoms in total. The molecule has 98 valence electrons. The lowest BCUT2D eigenvalue weighted by atomic mass is 9.97. The molecule has 1 N–H and O–H groups in total. The van der Waals surface area contributed by atoms with Crippen LogP contribution in [0.15, 0.2) is 54.9 Å². The van der Waals surface area contributed by atoms with Crippen LogP contribution in [0.3, 0.4) is 0 Å². The Morgan fingerprint density at radius 3 is 2.60 bits per heavy atom. The summed E-state index contributed by atoms with van der Waals surface area (Å²) in [6, 6.07) is 11.6. The van der Waals surface area contributed by atoms with Gasteiger partial charge in [0.1, 0.15) is 5.82 Å². The summed E-state index contributed by atoms with van der Waals surface area (Å²) >= 11 is 0. The predicted octanol–water partition coefficient (Wildman–Crippen LogP) is 3.74. The van der Waals surface area contributed by atoms with E-state index >= 15 is 0 Å². The van der Waals surface area contributed by atoms with Crippen LogP contribution in [0.2, 0.25) is 0 Å². The molecule has 20 heavy (non-hydrogen) atoms. The van der Waals surface area contributed by atoms with Crippen LogP contribution < -0.4 is 0 Å². The monoisotopic (exact) mass is 267 g/mol. The third-order valence-electron chi connectivity index (χ3n) is 3.20. The maximum atomic E-state index is 14.3. The Labute approximate surface area is 114 Å². The summed E-state index contributed by atoms with van der Waals surface area (Å²) in [6.45, 7) is 0. The second-order valence-corrected chi connectivity index (χ2v) is 4.37. The van der Waals surface area contributed by atoms with Crippen molar-refractivity contribution >= 4 is 16.7 Å². The van der Waals surface area contributed by atoms with Gasteiger partial charge in [-0.05, 0) is 23.1 Å². The maximum absolute atomic E-state index is 14.3. The van der Waals surface area contributed by atoms with Crippen LogP contribution in [0.1, 0.15) is 10.4 Å². The number of aromatic carboxylic acids is 1. The standard InChI is InChI=1S/C16H10FNO2/c17-15-13(5-2-6-14(15)16(19)20)12-4-1-3-10-9-18-8-7-11(10)12/h1-9H,(H,19,20). The first-order valence-corrected chi connectivity index (χ1v) is 6.03. The third-order valence-corrected chi connectivity index (χ3v) is 3.20. The predicted molar refractivity (Wildman–Crippen MR) is 74.1 cm³/mol. The highest BCUT2D eigenvalue weighted by Crippen LogP contribution is 2.31. The van der Waals surface area contributed by atoms with Gasteiger partial charge in [0.15, 0.2) is 0 Å². The Morgan fingerprint density at radius 1 is 1.05 bits per heavy atom. The molecule has 2 aromatic carbocycles. The molecule has 4 heteroatoms. The van der Waals surface area contributed by atoms with Crippen molar-refractivity contribution in [2.75, 3.05) is 0 Å². The fraction of sp³-hybridized carbons (Fsp3) is 0. The number of carboxylic acids is 1. The SMILES string of the molecule is O=C(O)c1cccc(-c2cccc3cnccc23)c1F. The average Bonchev–Trinajstić information content (AvgIpc) is 2.47. The van der Waals surface area contributed by atoms with Crippen LogP contribution >= 0.6 is 0 Å². The van der Waals surface area contributed by atoms with Crippen molar-refractivity contribution in [1.82, 2.24) is 4.98 Å². The average molecular weight is 267 g/mol. The van der Waals surface area contributed by atoms with Crippen LogP contribution in [-0.4, -0.2) is 16.1 Å². The third kappa shape index (κ3) is 1.91. The van der Waals surface area contributed by atoms with Crippen LogP contribution in [-0.2, 0) is 0 Å². The molecular formula is C16H10FNO2. The summed E-state index contributed by atoms with van der Waals surface area (Å²) in [5, 5.41) is 10.7. The number of carbonyl (C=O) groups is 1. The van der Waals surface area contributed by atoms with E-state index in [2.05, 4.69) is 4.98 Å². The number of pyridine rings is 1. The van der Waals surface area contributed by atoms with Gasteiger partial charge >= 0.3 is 5.97 Å². The highest BCUT2D eigenvalue weighted by Gasteiger charge is 2.16. The van der Waals surface area contributed by atoms with Crippen molar-refractivity contribution in [1.29, 1.82) is 0 Å². The first-order chi connectivity index (χ1) is 9.68. The number of halogens is 1. The molecule has 0 fully saturated rings. The van der Waals surface area contributed by atoms with E-state index in [0.29, 0.717) is 5.56 Å². The highest BCUT2D eigenvalue weighted by molar-refractivity contribution is 5.98. The molecule has 0 saturated carbocycles. The molecule has 0 aliphatic carbocycles. The number of hydrogen-bond acceptors (Lipinski definition) is 2. The molecular weight excluding hydrogens is 257 g/mol. The second-order valence-electron chi connectivity index (χ2n) is 4.37. The van der Waals surface area contributed by atoms with Crippen molar-refractivity contribution in [3.63, 3.8) is 0 Å². The molecule has 0 atom stereocenters. The number of rotatable bonds is 2. The number of hydrogen-bond donors (Lipinski definition) is 1. The van der Waals surface area contributed by atoms with E-state index in [1.807, 2.05) is 6.07 Å². The molecule has 3 rings (SSSR count). The van der Waals surface area contributed by atoms with E-state index < -0.39 is 11.8 Å². The van der Waals surface area contributed by atoms with Crippen molar-refractivity contribution in [3.8, 4) is 11.1 Å². The van der Waals surface area contributed by atoms with E-state index in [9.17, 15) is 9.18 Å². The first kappa shape index (κ1) is 12.3. The summed E-state index contributed by atoms with van der Waals surface area (Å²) in [7, 11) is 0. The van der Waals surface area contributed by atoms with Gasteiger partial charge in [0.25, 0.3) is 0 Å². The lowest BCUT2D eigenvalue weighted by Gasteiger charge is -2.09. The van der Waals surface area contributed by atoms with E-state index in [0.717, 1.165) is 10.8 Å². The number of carboxylic acid groups (broad SMARTS) is 1. The summed E-state index contributed by atoms with van der Waals surface area (Å²) < 4.78 is 14.3. The smallest absolute Gasteiger partial charge is 0.338 e. The zero-order valence-corrected chi connectivity index (χ0v) is 10.4. The highest BCUT2D eigenvalue weighted by atomic mass is 19.1. The Bertz CT molecular complexity index is 809. The van der Waals surface area contributed by atoms with Crippen molar-refractivity contribution < 1.29 is 14.3 Å². The molecule has 0 unspecified atom stereocenters. The van der Waals surface area contributed by atoms with Gasteiger partial charge in [-0.2, -0.15) is 0 Å². The van der Waals surface area contributed by atoms with Gasteiger partial charge in [-0.3, -0.25) is 4.98 Å². The van der Waals surface area contributed by atoms with Crippen LogP contribution in [0.4, 0.5) is 4.39 Å². The number of fused-ring (bicyclic) bond motifs is 1. The van der Waals surface area contributed by atoms with E-state index in [-0.39, 0.29) is 11.1 Å². The maximum Gasteiger partial charge on any atom is 0.338 e. The first-order valence-electron chi connectivity index (χ1n) is 6.03. The molecule has 1 heterocycles. The largest absolute Gasteiger partial charge is 0.478 e. The van der Waals surface area contributed by atoms with Gasteiger partial charge in [-0.15, -0.1) is 0 Å². The Balaban J connectivity index is 2.32. The molecule has 0 saturated heterocycles. The lowest BCUT2D eigenvalue weighted by molar-refractivity contribution is 0.0692. The Morgan fingerprint density at radius 2 is 1.80 bits per heavy atom. The van der Waals surface area contributed by atoms with Gasteiger partial charge in [0.2, 0.25) is 0 Å². The zero-order chi connectivity index (χ0) is 14.1.